The lowest BCUT2D eigenvalue weighted by Crippen LogP contribution is -2.33. The Morgan fingerprint density at radius 2 is 1.57 bits per heavy atom. The van der Waals surface area contributed by atoms with Gasteiger partial charge in [-0.25, -0.2) is 8.42 Å². The van der Waals surface area contributed by atoms with Gasteiger partial charge in [-0.3, -0.25) is 9.36 Å². The normalized spacial score (nSPS) is 14.4. The van der Waals surface area contributed by atoms with Crippen LogP contribution in [0.25, 0.3) is 0 Å². The molecule has 0 aliphatic carbocycles. The van der Waals surface area contributed by atoms with E-state index in [0.717, 1.165) is 0 Å². The quantitative estimate of drug-likeness (QED) is 0.276. The highest BCUT2D eigenvalue weighted by atomic mass is 32.2. The third-order valence-electron chi connectivity index (χ3n) is 3.54. The van der Waals surface area contributed by atoms with Gasteiger partial charge in [-0.05, 0) is 40.0 Å². The molecular formula is C15H33N2O8PS2. The maximum Gasteiger partial charge on any atom is 0.333 e. The summed E-state index contributed by atoms with van der Waals surface area (Å²) in [7, 11) is -7.79. The molecule has 0 radical (unpaired) electrons. The first-order valence-corrected chi connectivity index (χ1v) is 13.4. The molecule has 0 aromatic carbocycles. The predicted octanol–water partition coefficient (Wildman–Crippen LogP) is 0.562. The Bertz CT molecular complexity index is 711. The highest BCUT2D eigenvalue weighted by molar-refractivity contribution is 8.06. The summed E-state index contributed by atoms with van der Waals surface area (Å²) in [5.74, 6) is -0.926. The number of nitrogens with one attached hydrogen (secondary N) is 2. The second-order valence-corrected chi connectivity index (χ2v) is 12.4. The average molecular weight is 465 g/mol. The molecule has 0 rings (SSSR count). The molecule has 0 bridgehead atoms. The van der Waals surface area contributed by atoms with Crippen LogP contribution in [0.3, 0.4) is 0 Å². The van der Waals surface area contributed by atoms with Crippen molar-refractivity contribution in [2.24, 2.45) is 11.3 Å². The van der Waals surface area contributed by atoms with Crippen molar-refractivity contribution in [1.82, 2.24) is 10.6 Å². The summed E-state index contributed by atoms with van der Waals surface area (Å²) in [5, 5.41) is 4.91. The van der Waals surface area contributed by atoms with Gasteiger partial charge in [0.05, 0.1) is 18.1 Å². The van der Waals surface area contributed by atoms with Crippen molar-refractivity contribution < 1.29 is 34.7 Å². The number of unbranched alkanes of at least 4 members (excludes halogenated alkanes) is 1. The first-order valence-electron chi connectivity index (χ1n) is 8.90. The Labute approximate surface area is 169 Å². The van der Waals surface area contributed by atoms with Gasteiger partial charge in [0.25, 0.3) is 15.2 Å². The smallest absolute Gasteiger partial charge is 0.319 e. The number of carbonyl (C=O) groups excluding carboxylic acids is 1. The second-order valence-electron chi connectivity index (χ2n) is 7.45. The third kappa shape index (κ3) is 11.6. The topological polar surface area (TPSA) is 145 Å². The lowest BCUT2D eigenvalue weighted by molar-refractivity contribution is -0.118. The molecule has 0 amide bonds. The molecule has 1 atom stereocenters. The maximum absolute atomic E-state index is 11.9. The molecule has 168 valence electrons. The second kappa shape index (κ2) is 12.4. The molecule has 0 aliphatic heterocycles. The van der Waals surface area contributed by atoms with Gasteiger partial charge < -0.3 is 15.2 Å². The summed E-state index contributed by atoms with van der Waals surface area (Å²) in [4.78, 5) is 11.8. The van der Waals surface area contributed by atoms with Gasteiger partial charge >= 0.3 is 8.25 Å². The van der Waals surface area contributed by atoms with Gasteiger partial charge in [0.2, 0.25) is 9.84 Å². The van der Waals surface area contributed by atoms with Crippen molar-refractivity contribution in [3.05, 3.63) is 0 Å². The minimum absolute atomic E-state index is 0.123. The zero-order valence-corrected chi connectivity index (χ0v) is 19.7. The maximum atomic E-state index is 11.9. The Morgan fingerprint density at radius 1 is 1.04 bits per heavy atom. The van der Waals surface area contributed by atoms with E-state index in [0.29, 0.717) is 13.1 Å². The zero-order valence-electron chi connectivity index (χ0n) is 17.1. The van der Waals surface area contributed by atoms with E-state index in [1.807, 2.05) is 0 Å². The van der Waals surface area contributed by atoms with Crippen LogP contribution < -0.4 is 10.6 Å². The van der Waals surface area contributed by atoms with Crippen LogP contribution in [0.15, 0.2) is 0 Å². The number of carbonyl (C=O) groups is 1. The highest BCUT2D eigenvalue weighted by Gasteiger charge is 2.33. The van der Waals surface area contributed by atoms with E-state index in [1.165, 1.54) is 20.8 Å². The Morgan fingerprint density at radius 3 is 2.04 bits per heavy atom. The first kappa shape index (κ1) is 27.6. The van der Waals surface area contributed by atoms with Gasteiger partial charge in [-0.2, -0.15) is 12.4 Å². The first-order chi connectivity index (χ1) is 12.7. The molecular weight excluding hydrogens is 431 g/mol. The van der Waals surface area contributed by atoms with Gasteiger partial charge in [0.15, 0.2) is 0 Å². The van der Waals surface area contributed by atoms with Crippen LogP contribution in [-0.4, -0.2) is 67.2 Å². The molecule has 0 saturated heterocycles. The fourth-order valence-corrected chi connectivity index (χ4v) is 6.45. The molecule has 13 heteroatoms. The van der Waals surface area contributed by atoms with Gasteiger partial charge in [0.1, 0.15) is 0 Å². The summed E-state index contributed by atoms with van der Waals surface area (Å²) >= 11 is 0. The van der Waals surface area contributed by atoms with Crippen molar-refractivity contribution in [1.29, 1.82) is 0 Å². The van der Waals surface area contributed by atoms with Gasteiger partial charge in [-0.15, -0.1) is 0 Å². The lowest BCUT2D eigenvalue weighted by atomic mass is 10.00. The molecule has 10 nitrogen and oxygen atoms in total. The molecule has 0 aromatic rings. The molecule has 0 saturated carbocycles. The van der Waals surface area contributed by atoms with E-state index in [-0.39, 0.29) is 36.9 Å². The third-order valence-corrected chi connectivity index (χ3v) is 8.43. The van der Waals surface area contributed by atoms with E-state index < -0.39 is 38.7 Å². The minimum atomic E-state index is -4.03. The number of hydrogen-bond donors (Lipinski definition) is 2. The lowest BCUT2D eigenvalue weighted by Gasteiger charge is -2.16. The molecule has 0 aromatic heterocycles. The van der Waals surface area contributed by atoms with Gasteiger partial charge in [0, 0.05) is 11.3 Å². The van der Waals surface area contributed by atoms with E-state index in [2.05, 4.69) is 14.6 Å². The zero-order chi connectivity index (χ0) is 22.0. The van der Waals surface area contributed by atoms with Crippen molar-refractivity contribution in [2.75, 3.05) is 45.3 Å². The molecule has 0 heterocycles. The van der Waals surface area contributed by atoms with Crippen LogP contribution in [0.5, 0.6) is 0 Å². The predicted molar refractivity (Wildman–Crippen MR) is 109 cm³/mol. The summed E-state index contributed by atoms with van der Waals surface area (Å²) in [6.45, 7) is 5.32. The van der Waals surface area contributed by atoms with Crippen molar-refractivity contribution in [3.8, 4) is 0 Å². The SMILES string of the molecule is CNCC(CNC)CS(=O)(=O)O[PH](=O)OCCCCS(=O)(=O)C(=O)C(C)(C)C. The van der Waals surface area contributed by atoms with E-state index >= 15 is 0 Å². The Kier molecular flexibility index (Phi) is 12.2. The summed E-state index contributed by atoms with van der Waals surface area (Å²) < 4.78 is 68.8. The fourth-order valence-electron chi connectivity index (χ4n) is 2.33. The number of rotatable bonds is 14. The van der Waals surface area contributed by atoms with Crippen LogP contribution in [0, 0.1) is 11.3 Å². The molecule has 0 spiro atoms. The molecule has 0 aliphatic rings. The molecule has 1 unspecified atom stereocenters. The summed E-state index contributed by atoms with van der Waals surface area (Å²) in [5.41, 5.74) is -0.985. The molecule has 2 N–H and O–H groups in total. The van der Waals surface area contributed by atoms with Crippen LogP contribution in [-0.2, 0) is 37.8 Å². The van der Waals surface area contributed by atoms with Crippen molar-refractivity contribution in [2.45, 2.75) is 33.6 Å². The van der Waals surface area contributed by atoms with Crippen molar-refractivity contribution >= 4 is 33.3 Å². The summed E-state index contributed by atoms with van der Waals surface area (Å²) in [6.07, 6.45) is 0.317. The minimum Gasteiger partial charge on any atom is -0.319 e. The molecule has 28 heavy (non-hydrogen) atoms. The van der Waals surface area contributed by atoms with Gasteiger partial charge in [-0.1, -0.05) is 20.8 Å². The standard InChI is InChI=1S/C15H33N2O8PS2/c1-15(2,3)14(18)27(20,21)9-7-6-8-24-26(19)25-28(22,23)12-13(10-16-4)11-17-5/h13,16-17,26H,6-12H2,1-5H3. The van der Waals surface area contributed by atoms with Crippen LogP contribution in [0.4, 0.5) is 0 Å². The Balaban J connectivity index is 4.34. The van der Waals surface area contributed by atoms with E-state index in [9.17, 15) is 26.2 Å². The van der Waals surface area contributed by atoms with Crippen LogP contribution in [0.2, 0.25) is 0 Å². The molecule has 0 fully saturated rings. The summed E-state index contributed by atoms with van der Waals surface area (Å²) in [6, 6.07) is 0. The fraction of sp³-hybridized carbons (Fsp3) is 0.933. The number of sulfone groups is 1. The van der Waals surface area contributed by atoms with Crippen LogP contribution in [0.1, 0.15) is 33.6 Å². The largest absolute Gasteiger partial charge is 0.333 e. The van der Waals surface area contributed by atoms with Crippen LogP contribution >= 0.6 is 8.25 Å². The van der Waals surface area contributed by atoms with E-state index in [4.69, 9.17) is 4.52 Å². The monoisotopic (exact) mass is 464 g/mol. The van der Waals surface area contributed by atoms with E-state index in [1.54, 1.807) is 14.1 Å². The number of hydrogen-bond acceptors (Lipinski definition) is 10. The Hall–Kier alpha value is -0.360. The highest BCUT2D eigenvalue weighted by Crippen LogP contribution is 2.28. The van der Waals surface area contributed by atoms with Crippen molar-refractivity contribution in [3.63, 3.8) is 0 Å². The average Bonchev–Trinajstić information content (AvgIpc) is 2.52.